The van der Waals surface area contributed by atoms with E-state index in [2.05, 4.69) is 15.1 Å². The van der Waals surface area contributed by atoms with Crippen molar-refractivity contribution in [1.82, 2.24) is 19.7 Å². The van der Waals surface area contributed by atoms with Crippen LogP contribution in [0.3, 0.4) is 0 Å². The molecule has 0 saturated carbocycles. The lowest BCUT2D eigenvalue weighted by molar-refractivity contribution is 0.768. The second-order valence-corrected chi connectivity index (χ2v) is 4.27. The summed E-state index contributed by atoms with van der Waals surface area (Å²) in [6.45, 7) is 3.82. The molecule has 6 heteroatoms. The molecule has 3 N–H and O–H groups in total. The van der Waals surface area contributed by atoms with Crippen molar-refractivity contribution < 1.29 is 0 Å². The molecular weight excluding hydrogens is 218 g/mol. The molecule has 0 amide bonds. The van der Waals surface area contributed by atoms with Crippen LogP contribution < -0.4 is 11.3 Å². The zero-order valence-electron chi connectivity index (χ0n) is 10.1. The van der Waals surface area contributed by atoms with Crippen LogP contribution in [0.5, 0.6) is 0 Å². The van der Waals surface area contributed by atoms with Gasteiger partial charge in [-0.15, -0.1) is 0 Å². The first-order chi connectivity index (χ1) is 7.99. The van der Waals surface area contributed by atoms with Gasteiger partial charge in [-0.1, -0.05) is 13.8 Å². The van der Waals surface area contributed by atoms with E-state index in [4.69, 9.17) is 5.73 Å². The van der Waals surface area contributed by atoms with Gasteiger partial charge in [0, 0.05) is 13.2 Å². The lowest BCUT2D eigenvalue weighted by atomic mass is 10.1. The highest BCUT2D eigenvalue weighted by molar-refractivity contribution is 5.55. The van der Waals surface area contributed by atoms with E-state index in [1.807, 2.05) is 13.8 Å². The van der Waals surface area contributed by atoms with Gasteiger partial charge in [0.2, 0.25) is 0 Å². The van der Waals surface area contributed by atoms with Crippen LogP contribution in [0.4, 0.5) is 5.82 Å². The molecular formula is C11H15N5O. The minimum Gasteiger partial charge on any atom is -0.383 e. The van der Waals surface area contributed by atoms with E-state index in [0.717, 1.165) is 5.56 Å². The third kappa shape index (κ3) is 2.06. The van der Waals surface area contributed by atoms with E-state index < -0.39 is 0 Å². The van der Waals surface area contributed by atoms with Crippen molar-refractivity contribution in [2.75, 3.05) is 5.73 Å². The highest BCUT2D eigenvalue weighted by atomic mass is 16.1. The number of hydrogen-bond donors (Lipinski definition) is 2. The Morgan fingerprint density at radius 3 is 2.65 bits per heavy atom. The maximum atomic E-state index is 11.9. The van der Waals surface area contributed by atoms with Gasteiger partial charge in [-0.2, -0.15) is 5.10 Å². The number of nitrogens with zero attached hydrogens (tertiary/aromatic N) is 3. The Labute approximate surface area is 98.5 Å². The predicted molar refractivity (Wildman–Crippen MR) is 65.6 cm³/mol. The number of H-pyrrole nitrogens is 1. The Hall–Kier alpha value is -2.11. The molecule has 90 valence electrons. The van der Waals surface area contributed by atoms with Crippen molar-refractivity contribution in [3.8, 4) is 11.4 Å². The van der Waals surface area contributed by atoms with Crippen molar-refractivity contribution >= 4 is 5.82 Å². The summed E-state index contributed by atoms with van der Waals surface area (Å²) in [4.78, 5) is 18.8. The summed E-state index contributed by atoms with van der Waals surface area (Å²) in [5.41, 5.74) is 6.89. The lowest BCUT2D eigenvalue weighted by Gasteiger charge is -2.08. The van der Waals surface area contributed by atoms with Crippen molar-refractivity contribution in [1.29, 1.82) is 0 Å². The van der Waals surface area contributed by atoms with Crippen LogP contribution in [0.25, 0.3) is 11.4 Å². The Bertz CT molecular complexity index is 596. The van der Waals surface area contributed by atoms with Crippen LogP contribution in [0.1, 0.15) is 25.3 Å². The molecule has 2 heterocycles. The molecule has 0 aliphatic carbocycles. The number of hydrogen-bond acceptors (Lipinski definition) is 4. The molecule has 0 aliphatic heterocycles. The average molecular weight is 233 g/mol. The summed E-state index contributed by atoms with van der Waals surface area (Å²) in [5.74, 6) is 0.779. The fourth-order valence-electron chi connectivity index (χ4n) is 1.74. The van der Waals surface area contributed by atoms with Crippen LogP contribution in [0, 0.1) is 0 Å². The number of rotatable bonds is 2. The van der Waals surface area contributed by atoms with Crippen molar-refractivity contribution in [3.05, 3.63) is 28.3 Å². The fraction of sp³-hybridized carbons (Fsp3) is 0.364. The summed E-state index contributed by atoms with van der Waals surface area (Å²) in [6.07, 6.45) is 3.40. The van der Waals surface area contributed by atoms with Crippen LogP contribution in [-0.2, 0) is 7.05 Å². The largest absolute Gasteiger partial charge is 0.383 e. The number of nitrogens with one attached hydrogen (secondary N) is 1. The van der Waals surface area contributed by atoms with Gasteiger partial charge in [0.05, 0.1) is 17.3 Å². The minimum absolute atomic E-state index is 0.0502. The smallest absolute Gasteiger partial charge is 0.256 e. The molecule has 0 aliphatic rings. The van der Waals surface area contributed by atoms with Crippen molar-refractivity contribution in [2.24, 2.45) is 7.05 Å². The Morgan fingerprint density at radius 2 is 2.18 bits per heavy atom. The van der Waals surface area contributed by atoms with Crippen molar-refractivity contribution in [2.45, 2.75) is 19.8 Å². The highest BCUT2D eigenvalue weighted by Crippen LogP contribution is 2.18. The molecule has 0 aromatic carbocycles. The Morgan fingerprint density at radius 1 is 1.47 bits per heavy atom. The van der Waals surface area contributed by atoms with Gasteiger partial charge >= 0.3 is 0 Å². The maximum absolute atomic E-state index is 11.9. The number of nitrogens with two attached hydrogens (primary N) is 1. The molecule has 0 bridgehead atoms. The number of aromatic nitrogens is 4. The molecule has 0 unspecified atom stereocenters. The van der Waals surface area contributed by atoms with Gasteiger partial charge in [-0.3, -0.25) is 9.48 Å². The van der Waals surface area contributed by atoms with E-state index >= 15 is 0 Å². The lowest BCUT2D eigenvalue weighted by Crippen LogP contribution is -2.19. The molecule has 6 nitrogen and oxygen atoms in total. The average Bonchev–Trinajstić information content (AvgIpc) is 2.63. The monoisotopic (exact) mass is 233 g/mol. The molecule has 2 aromatic heterocycles. The molecule has 0 fully saturated rings. The third-order valence-electron chi connectivity index (χ3n) is 2.54. The first-order valence-electron chi connectivity index (χ1n) is 5.37. The van der Waals surface area contributed by atoms with Crippen LogP contribution >= 0.6 is 0 Å². The Kier molecular flexibility index (Phi) is 2.71. The molecule has 0 saturated heterocycles. The predicted octanol–water partition coefficient (Wildman–Crippen LogP) is 0.876. The third-order valence-corrected chi connectivity index (χ3v) is 2.54. The zero-order valence-corrected chi connectivity index (χ0v) is 10.1. The number of aryl methyl sites for hydroxylation is 1. The molecule has 2 rings (SSSR count). The minimum atomic E-state index is -0.189. The molecule has 0 radical (unpaired) electrons. The number of anilines is 1. The molecule has 2 aromatic rings. The summed E-state index contributed by atoms with van der Waals surface area (Å²) in [7, 11) is 1.80. The summed E-state index contributed by atoms with van der Waals surface area (Å²) < 4.78 is 1.64. The molecule has 17 heavy (non-hydrogen) atoms. The van der Waals surface area contributed by atoms with Crippen LogP contribution in [-0.4, -0.2) is 19.7 Å². The summed E-state index contributed by atoms with van der Waals surface area (Å²) in [5, 5.41) is 4.02. The SMILES string of the molecule is CC(C)c1c(N)nc(-c2cnn(C)c2)[nH]c1=O. The summed E-state index contributed by atoms with van der Waals surface area (Å²) in [6, 6.07) is 0. The van der Waals surface area contributed by atoms with Gasteiger partial charge in [-0.05, 0) is 5.92 Å². The normalized spacial score (nSPS) is 11.1. The van der Waals surface area contributed by atoms with Gasteiger partial charge in [0.1, 0.15) is 11.6 Å². The number of aromatic amines is 1. The van der Waals surface area contributed by atoms with E-state index in [0.29, 0.717) is 11.4 Å². The second kappa shape index (κ2) is 4.04. The topological polar surface area (TPSA) is 89.6 Å². The van der Waals surface area contributed by atoms with E-state index in [-0.39, 0.29) is 17.3 Å². The maximum Gasteiger partial charge on any atom is 0.256 e. The molecule has 0 spiro atoms. The van der Waals surface area contributed by atoms with Crippen LogP contribution in [0.2, 0.25) is 0 Å². The second-order valence-electron chi connectivity index (χ2n) is 4.27. The van der Waals surface area contributed by atoms with E-state index in [1.54, 1.807) is 24.1 Å². The van der Waals surface area contributed by atoms with E-state index in [1.165, 1.54) is 0 Å². The quantitative estimate of drug-likeness (QED) is 0.805. The van der Waals surface area contributed by atoms with Gasteiger partial charge < -0.3 is 10.7 Å². The van der Waals surface area contributed by atoms with E-state index in [9.17, 15) is 4.79 Å². The first-order valence-corrected chi connectivity index (χ1v) is 5.37. The van der Waals surface area contributed by atoms with Gasteiger partial charge in [0.25, 0.3) is 5.56 Å². The van der Waals surface area contributed by atoms with Crippen LogP contribution in [0.15, 0.2) is 17.2 Å². The first kappa shape index (κ1) is 11.4. The van der Waals surface area contributed by atoms with Crippen molar-refractivity contribution in [3.63, 3.8) is 0 Å². The zero-order chi connectivity index (χ0) is 12.6. The fourth-order valence-corrected chi connectivity index (χ4v) is 1.74. The number of nitrogen functional groups attached to an aromatic ring is 1. The molecule has 0 atom stereocenters. The Balaban J connectivity index is 2.57. The standard InChI is InChI=1S/C11H15N5O/c1-6(2)8-9(12)14-10(15-11(8)17)7-4-13-16(3)5-7/h4-6H,1-3H3,(H3,12,14,15,17). The summed E-state index contributed by atoms with van der Waals surface area (Å²) >= 11 is 0. The highest BCUT2D eigenvalue weighted by Gasteiger charge is 2.13. The van der Waals surface area contributed by atoms with Gasteiger partial charge in [0.15, 0.2) is 0 Å². The van der Waals surface area contributed by atoms with Gasteiger partial charge in [-0.25, -0.2) is 4.98 Å².